The number of carbonyl (C=O) groups is 1. The van der Waals surface area contributed by atoms with E-state index in [9.17, 15) is 19.4 Å². The van der Waals surface area contributed by atoms with Crippen molar-refractivity contribution in [3.63, 3.8) is 0 Å². The number of rotatable bonds is 60. The van der Waals surface area contributed by atoms with E-state index < -0.39 is 20.0 Å². The first-order valence-corrected chi connectivity index (χ1v) is 33.9. The Kier molecular flexibility index (Phi) is 55.5. The molecule has 0 aromatic carbocycles. The fourth-order valence-corrected chi connectivity index (χ4v) is 10.5. The molecule has 0 aliphatic carbocycles. The number of carbonyl (C=O) groups excluding carboxylic acids is 1. The predicted molar refractivity (Wildman–Crippen MR) is 323 cm³/mol. The largest absolute Gasteiger partial charge is 0.472 e. The van der Waals surface area contributed by atoms with Crippen LogP contribution in [-0.4, -0.2) is 73.4 Å². The van der Waals surface area contributed by atoms with Crippen molar-refractivity contribution < 1.29 is 32.9 Å². The zero-order chi connectivity index (χ0) is 54.2. The lowest BCUT2D eigenvalue weighted by atomic mass is 10.0. The van der Waals surface area contributed by atoms with Crippen molar-refractivity contribution in [2.24, 2.45) is 0 Å². The van der Waals surface area contributed by atoms with Crippen molar-refractivity contribution in [2.45, 2.75) is 334 Å². The first kappa shape index (κ1) is 72.7. The molecular weight excluding hydrogens is 936 g/mol. The van der Waals surface area contributed by atoms with Gasteiger partial charge in [-0.3, -0.25) is 13.8 Å². The maximum Gasteiger partial charge on any atom is 0.472 e. The van der Waals surface area contributed by atoms with Crippen molar-refractivity contribution in [1.29, 1.82) is 0 Å². The lowest BCUT2D eigenvalue weighted by Crippen LogP contribution is -2.45. The van der Waals surface area contributed by atoms with Crippen LogP contribution < -0.4 is 5.32 Å². The quantitative estimate of drug-likeness (QED) is 0.0243. The van der Waals surface area contributed by atoms with E-state index in [1.807, 2.05) is 27.2 Å². The second kappa shape index (κ2) is 56.4. The van der Waals surface area contributed by atoms with Gasteiger partial charge in [-0.25, -0.2) is 4.57 Å². The number of allylic oxidation sites excluding steroid dienone is 5. The first-order chi connectivity index (χ1) is 36.0. The third kappa shape index (κ3) is 58.4. The SMILES string of the molecule is CCCCCCCCCCC/C=C\C/C=C\CCCCCCCCCCCCCC(=O)NC(COP(=O)(O)OCC[N+](C)(C)C)C(O)/C=C/CCCCCCCCCCCCCCCCCCCCCCCCC. The van der Waals surface area contributed by atoms with E-state index in [0.29, 0.717) is 17.4 Å². The fourth-order valence-electron chi connectivity index (χ4n) is 9.78. The molecular formula is C65H128N2O6P+. The molecule has 0 heterocycles. The van der Waals surface area contributed by atoms with Gasteiger partial charge in [0.05, 0.1) is 39.9 Å². The molecule has 3 atom stereocenters. The minimum Gasteiger partial charge on any atom is -0.387 e. The van der Waals surface area contributed by atoms with Crippen LogP contribution in [0.25, 0.3) is 0 Å². The zero-order valence-corrected chi connectivity index (χ0v) is 51.0. The summed E-state index contributed by atoms with van der Waals surface area (Å²) in [7, 11) is 1.58. The minimum absolute atomic E-state index is 0.0619. The Hall–Kier alpha value is -1.28. The number of quaternary nitrogens is 1. The summed E-state index contributed by atoms with van der Waals surface area (Å²) in [5, 5.41) is 14.0. The van der Waals surface area contributed by atoms with Crippen molar-refractivity contribution >= 4 is 13.7 Å². The number of amides is 1. The highest BCUT2D eigenvalue weighted by molar-refractivity contribution is 7.47. The molecule has 1 amide bonds. The van der Waals surface area contributed by atoms with Crippen molar-refractivity contribution in [2.75, 3.05) is 40.9 Å². The molecule has 9 heteroatoms. The topological polar surface area (TPSA) is 105 Å². The number of phosphoric ester groups is 1. The molecule has 0 saturated heterocycles. The monoisotopic (exact) mass is 1060 g/mol. The average molecular weight is 1060 g/mol. The zero-order valence-electron chi connectivity index (χ0n) is 50.1. The summed E-state index contributed by atoms with van der Waals surface area (Å²) in [5.41, 5.74) is 0. The molecule has 0 aliphatic heterocycles. The second-order valence-corrected chi connectivity index (χ2v) is 24.9. The van der Waals surface area contributed by atoms with Gasteiger partial charge in [0.1, 0.15) is 13.2 Å². The van der Waals surface area contributed by atoms with Crippen molar-refractivity contribution in [3.05, 3.63) is 36.5 Å². The number of hydrogen-bond donors (Lipinski definition) is 3. The highest BCUT2D eigenvalue weighted by Crippen LogP contribution is 2.43. The van der Waals surface area contributed by atoms with Crippen molar-refractivity contribution in [1.82, 2.24) is 5.32 Å². The molecule has 8 nitrogen and oxygen atoms in total. The highest BCUT2D eigenvalue weighted by Gasteiger charge is 2.28. The number of hydrogen-bond acceptors (Lipinski definition) is 5. The third-order valence-electron chi connectivity index (χ3n) is 14.9. The summed E-state index contributed by atoms with van der Waals surface area (Å²) >= 11 is 0. The van der Waals surface area contributed by atoms with E-state index in [0.717, 1.165) is 44.9 Å². The molecule has 438 valence electrons. The molecule has 3 N–H and O–H groups in total. The van der Waals surface area contributed by atoms with Crippen LogP contribution in [0.2, 0.25) is 0 Å². The van der Waals surface area contributed by atoms with E-state index >= 15 is 0 Å². The Labute approximate surface area is 461 Å². The Morgan fingerprint density at radius 2 is 0.770 bits per heavy atom. The molecule has 0 aliphatic rings. The summed E-state index contributed by atoms with van der Waals surface area (Å²) < 4.78 is 23.8. The number of likely N-dealkylation sites (N-methyl/N-ethyl adjacent to an activating group) is 1. The number of aliphatic hydroxyl groups excluding tert-OH is 1. The van der Waals surface area contributed by atoms with Gasteiger partial charge < -0.3 is 19.8 Å². The summed E-state index contributed by atoms with van der Waals surface area (Å²) in [6.07, 6.45) is 74.1. The van der Waals surface area contributed by atoms with Crippen LogP contribution in [0.3, 0.4) is 0 Å². The van der Waals surface area contributed by atoms with Crippen LogP contribution in [0.15, 0.2) is 36.5 Å². The van der Waals surface area contributed by atoms with Crippen LogP contribution in [0.5, 0.6) is 0 Å². The Morgan fingerprint density at radius 1 is 0.459 bits per heavy atom. The van der Waals surface area contributed by atoms with Gasteiger partial charge >= 0.3 is 7.82 Å². The van der Waals surface area contributed by atoms with E-state index in [1.165, 1.54) is 257 Å². The maximum atomic E-state index is 13.0. The van der Waals surface area contributed by atoms with Crippen LogP contribution >= 0.6 is 7.82 Å². The minimum atomic E-state index is -4.35. The Bertz CT molecular complexity index is 1300. The number of unbranched alkanes of at least 4 members (excludes halogenated alkanes) is 43. The molecule has 0 rings (SSSR count). The molecule has 0 fully saturated rings. The molecule has 0 radical (unpaired) electrons. The summed E-state index contributed by atoms with van der Waals surface area (Å²) in [6, 6.07) is -0.849. The van der Waals surface area contributed by atoms with Gasteiger partial charge in [0.25, 0.3) is 0 Å². The van der Waals surface area contributed by atoms with Gasteiger partial charge in [-0.1, -0.05) is 301 Å². The van der Waals surface area contributed by atoms with Gasteiger partial charge in [-0.05, 0) is 51.4 Å². The fraction of sp³-hybridized carbons (Fsp3) is 0.892. The Morgan fingerprint density at radius 3 is 1.11 bits per heavy atom. The number of nitrogens with zero attached hydrogens (tertiary/aromatic N) is 1. The number of phosphoric acid groups is 1. The lowest BCUT2D eigenvalue weighted by Gasteiger charge is -2.25. The first-order valence-electron chi connectivity index (χ1n) is 32.4. The van der Waals surface area contributed by atoms with Crippen LogP contribution in [0.1, 0.15) is 322 Å². The van der Waals surface area contributed by atoms with Crippen molar-refractivity contribution in [3.8, 4) is 0 Å². The normalized spacial score (nSPS) is 14.0. The molecule has 0 aromatic heterocycles. The van der Waals surface area contributed by atoms with Gasteiger partial charge in [0.15, 0.2) is 0 Å². The predicted octanol–water partition coefficient (Wildman–Crippen LogP) is 20.1. The smallest absolute Gasteiger partial charge is 0.387 e. The number of aliphatic hydroxyl groups is 1. The Balaban J connectivity index is 4.13. The van der Waals surface area contributed by atoms with E-state index in [2.05, 4.69) is 43.5 Å². The third-order valence-corrected chi connectivity index (χ3v) is 15.8. The van der Waals surface area contributed by atoms with Crippen LogP contribution in [0.4, 0.5) is 0 Å². The van der Waals surface area contributed by atoms with Gasteiger partial charge in [-0.15, -0.1) is 0 Å². The van der Waals surface area contributed by atoms with Gasteiger partial charge in [0.2, 0.25) is 5.91 Å². The summed E-state index contributed by atoms with van der Waals surface area (Å²) in [5.74, 6) is -0.175. The van der Waals surface area contributed by atoms with Gasteiger partial charge in [-0.2, -0.15) is 0 Å². The van der Waals surface area contributed by atoms with E-state index in [1.54, 1.807) is 6.08 Å². The van der Waals surface area contributed by atoms with E-state index in [-0.39, 0.29) is 19.1 Å². The standard InChI is InChI=1S/C65H127N2O6P/c1-6-8-10-12-14-16-18-20-22-24-26-28-30-32-33-35-37-39-41-43-45-47-49-51-53-55-57-59-65(69)66-63(62-73-74(70,71)72-61-60-67(3,4)5)64(68)58-56-54-52-50-48-46-44-42-40-38-36-34-31-29-27-25-23-21-19-17-15-13-11-9-7-2/h26,28,32-33,56,58,63-64,68H,6-25,27,29-31,34-55,57,59-62H2,1-5H3,(H-,66,69,70,71)/p+1/b28-26-,33-32-,58-56+. The molecule has 0 saturated carbocycles. The molecule has 3 unspecified atom stereocenters. The molecule has 74 heavy (non-hydrogen) atoms. The molecule has 0 aromatic rings. The maximum absolute atomic E-state index is 13.0. The second-order valence-electron chi connectivity index (χ2n) is 23.5. The summed E-state index contributed by atoms with van der Waals surface area (Å²) in [6.45, 7) is 4.86. The molecule has 0 bridgehead atoms. The average Bonchev–Trinajstić information content (AvgIpc) is 3.36. The highest BCUT2D eigenvalue weighted by atomic mass is 31.2. The van der Waals surface area contributed by atoms with Gasteiger partial charge in [0, 0.05) is 6.42 Å². The van der Waals surface area contributed by atoms with E-state index in [4.69, 9.17) is 9.05 Å². The lowest BCUT2D eigenvalue weighted by molar-refractivity contribution is -0.870. The van der Waals surface area contributed by atoms with Crippen LogP contribution in [0, 0.1) is 0 Å². The summed E-state index contributed by atoms with van der Waals surface area (Å²) in [4.78, 5) is 23.4. The van der Waals surface area contributed by atoms with Crippen LogP contribution in [-0.2, 0) is 18.4 Å². The molecule has 0 spiro atoms. The number of nitrogens with one attached hydrogen (secondary N) is 1.